The predicted octanol–water partition coefficient (Wildman–Crippen LogP) is 0.911. The summed E-state index contributed by atoms with van der Waals surface area (Å²) in [7, 11) is 0. The highest BCUT2D eigenvalue weighted by molar-refractivity contribution is 5.90. The first-order valence-electron chi connectivity index (χ1n) is 6.99. The predicted molar refractivity (Wildman–Crippen MR) is 67.7 cm³/mol. The van der Waals surface area contributed by atoms with Crippen LogP contribution in [0.25, 0.3) is 0 Å². The average Bonchev–Trinajstić information content (AvgIpc) is 2.65. The summed E-state index contributed by atoms with van der Waals surface area (Å²) in [6.07, 6.45) is -3.15. The van der Waals surface area contributed by atoms with Crippen LogP contribution >= 0.6 is 0 Å². The number of carbonyl (C=O) groups is 3. The maximum Gasteiger partial charge on any atom is 0.406 e. The fourth-order valence-corrected chi connectivity index (χ4v) is 2.92. The number of nitrogens with one attached hydrogen (secondary N) is 1. The Morgan fingerprint density at radius 1 is 1.36 bits per heavy atom. The van der Waals surface area contributed by atoms with E-state index in [9.17, 15) is 27.6 Å². The molecule has 0 spiro atoms. The fourth-order valence-electron chi connectivity index (χ4n) is 2.92. The van der Waals surface area contributed by atoms with E-state index >= 15 is 0 Å². The van der Waals surface area contributed by atoms with Crippen LogP contribution in [0, 0.1) is 5.92 Å². The van der Waals surface area contributed by atoms with E-state index in [1.807, 2.05) is 0 Å². The van der Waals surface area contributed by atoms with Crippen LogP contribution in [0.3, 0.4) is 0 Å². The van der Waals surface area contributed by atoms with Crippen molar-refractivity contribution < 1.29 is 32.7 Å². The minimum Gasteiger partial charge on any atom is -0.481 e. The summed E-state index contributed by atoms with van der Waals surface area (Å²) in [5, 5.41) is 11.5. The topological polar surface area (TPSA) is 86.7 Å². The molecule has 0 radical (unpaired) electrons. The normalized spacial score (nSPS) is 24.0. The molecule has 1 saturated carbocycles. The third kappa shape index (κ3) is 3.89. The van der Waals surface area contributed by atoms with Gasteiger partial charge in [-0.2, -0.15) is 13.2 Å². The second-order valence-electron chi connectivity index (χ2n) is 5.98. The molecule has 124 valence electrons. The molecule has 2 fully saturated rings. The number of aliphatic carboxylic acids is 1. The van der Waals surface area contributed by atoms with Gasteiger partial charge in [0.1, 0.15) is 6.54 Å². The molecule has 1 aliphatic carbocycles. The Morgan fingerprint density at radius 3 is 2.45 bits per heavy atom. The van der Waals surface area contributed by atoms with Gasteiger partial charge in [0.2, 0.25) is 11.8 Å². The summed E-state index contributed by atoms with van der Waals surface area (Å²) in [5.41, 5.74) is -0.816. The molecule has 0 aromatic heterocycles. The molecule has 1 heterocycles. The molecule has 9 heteroatoms. The summed E-state index contributed by atoms with van der Waals surface area (Å²) in [6, 6.07) is 0. The van der Waals surface area contributed by atoms with E-state index in [4.69, 9.17) is 5.11 Å². The van der Waals surface area contributed by atoms with Crippen molar-refractivity contribution in [2.24, 2.45) is 5.92 Å². The van der Waals surface area contributed by atoms with Gasteiger partial charge in [0.05, 0.1) is 17.9 Å². The molecule has 6 nitrogen and oxygen atoms in total. The van der Waals surface area contributed by atoms with Crippen LogP contribution in [0.4, 0.5) is 13.2 Å². The van der Waals surface area contributed by atoms with Crippen molar-refractivity contribution in [1.29, 1.82) is 0 Å². The number of likely N-dealkylation sites (tertiary alicyclic amines) is 1. The van der Waals surface area contributed by atoms with Gasteiger partial charge in [-0.25, -0.2) is 0 Å². The maximum absolute atomic E-state index is 12.3. The molecule has 0 aromatic carbocycles. The first kappa shape index (κ1) is 16.6. The third-order valence-electron chi connectivity index (χ3n) is 4.14. The number of carboxylic acids is 1. The van der Waals surface area contributed by atoms with Crippen LogP contribution in [0.1, 0.15) is 32.1 Å². The molecule has 0 unspecified atom stereocenters. The third-order valence-corrected chi connectivity index (χ3v) is 4.14. The van der Waals surface area contributed by atoms with Crippen LogP contribution in [0.2, 0.25) is 0 Å². The van der Waals surface area contributed by atoms with Crippen molar-refractivity contribution in [2.75, 3.05) is 13.1 Å². The number of nitrogens with zero attached hydrogens (tertiary/aromatic N) is 1. The largest absolute Gasteiger partial charge is 0.481 e. The Bertz CT molecular complexity index is 488. The van der Waals surface area contributed by atoms with Crippen molar-refractivity contribution in [2.45, 2.75) is 43.8 Å². The van der Waals surface area contributed by atoms with Crippen LogP contribution in [0.15, 0.2) is 0 Å². The monoisotopic (exact) mass is 322 g/mol. The zero-order valence-corrected chi connectivity index (χ0v) is 11.8. The molecule has 22 heavy (non-hydrogen) atoms. The molecule has 2 N–H and O–H groups in total. The van der Waals surface area contributed by atoms with Crippen molar-refractivity contribution >= 4 is 17.8 Å². The Balaban J connectivity index is 1.93. The quantitative estimate of drug-likeness (QED) is 0.788. The Morgan fingerprint density at radius 2 is 2.00 bits per heavy atom. The van der Waals surface area contributed by atoms with Gasteiger partial charge < -0.3 is 15.3 Å². The van der Waals surface area contributed by atoms with Crippen molar-refractivity contribution in [3.63, 3.8) is 0 Å². The van der Waals surface area contributed by atoms with Gasteiger partial charge in [-0.3, -0.25) is 14.4 Å². The fraction of sp³-hybridized carbons (Fsp3) is 0.769. The number of carboxylic acid groups (broad SMARTS) is 1. The first-order chi connectivity index (χ1) is 10.1. The summed E-state index contributed by atoms with van der Waals surface area (Å²) < 4.78 is 37.0. The standard InChI is InChI=1S/C13H17F3N2O4/c14-13(15,16)7-18-6-8(4-9(18)19)11(22)17-12(2-1-3-12)5-10(20)21/h8H,1-7H2,(H,17,22)(H,20,21)/t8-/m0/s1. The molecule has 2 aliphatic rings. The van der Waals surface area contributed by atoms with E-state index < -0.39 is 42.0 Å². The number of halogens is 3. The van der Waals surface area contributed by atoms with E-state index in [-0.39, 0.29) is 19.4 Å². The van der Waals surface area contributed by atoms with Crippen LogP contribution < -0.4 is 5.32 Å². The van der Waals surface area contributed by atoms with Crippen molar-refractivity contribution in [3.8, 4) is 0 Å². The number of rotatable bonds is 5. The van der Waals surface area contributed by atoms with E-state index in [1.54, 1.807) is 0 Å². The van der Waals surface area contributed by atoms with Crippen molar-refractivity contribution in [1.82, 2.24) is 10.2 Å². The van der Waals surface area contributed by atoms with Gasteiger partial charge in [-0.1, -0.05) is 0 Å². The second kappa shape index (κ2) is 5.77. The van der Waals surface area contributed by atoms with E-state index in [0.717, 1.165) is 6.42 Å². The summed E-state index contributed by atoms with van der Waals surface area (Å²) in [4.78, 5) is 35.1. The molecule has 2 amide bonds. The van der Waals surface area contributed by atoms with Crippen LogP contribution in [0.5, 0.6) is 0 Å². The molecule has 0 aromatic rings. The maximum atomic E-state index is 12.3. The van der Waals surface area contributed by atoms with Gasteiger partial charge >= 0.3 is 12.1 Å². The second-order valence-corrected chi connectivity index (χ2v) is 5.98. The zero-order chi connectivity index (χ0) is 16.5. The molecular weight excluding hydrogens is 305 g/mol. The molecule has 1 atom stereocenters. The number of hydrogen-bond donors (Lipinski definition) is 2. The van der Waals surface area contributed by atoms with Gasteiger partial charge in [0, 0.05) is 13.0 Å². The average molecular weight is 322 g/mol. The SMILES string of the molecule is O=C(O)CC1(NC(=O)[C@H]2CC(=O)N(CC(F)(F)F)C2)CCC1. The lowest BCUT2D eigenvalue weighted by Gasteiger charge is -2.42. The van der Waals surface area contributed by atoms with E-state index in [2.05, 4.69) is 5.32 Å². The van der Waals surface area contributed by atoms with Crippen LogP contribution in [-0.4, -0.2) is 52.6 Å². The molecule has 1 saturated heterocycles. The molecule has 2 rings (SSSR count). The number of alkyl halides is 3. The minimum absolute atomic E-state index is 0.217. The smallest absolute Gasteiger partial charge is 0.406 e. The van der Waals surface area contributed by atoms with Gasteiger partial charge in [-0.15, -0.1) is 0 Å². The van der Waals surface area contributed by atoms with Gasteiger partial charge in [0.15, 0.2) is 0 Å². The van der Waals surface area contributed by atoms with E-state index in [0.29, 0.717) is 17.7 Å². The van der Waals surface area contributed by atoms with Crippen LogP contribution in [-0.2, 0) is 14.4 Å². The van der Waals surface area contributed by atoms with Gasteiger partial charge in [-0.05, 0) is 19.3 Å². The number of carbonyl (C=O) groups excluding carboxylic acids is 2. The molecule has 1 aliphatic heterocycles. The summed E-state index contributed by atoms with van der Waals surface area (Å²) in [6.45, 7) is -1.65. The van der Waals surface area contributed by atoms with E-state index in [1.165, 1.54) is 0 Å². The lowest BCUT2D eigenvalue weighted by Crippen LogP contribution is -2.56. The Kier molecular flexibility index (Phi) is 4.35. The molecule has 0 bridgehead atoms. The lowest BCUT2D eigenvalue weighted by atomic mass is 9.74. The lowest BCUT2D eigenvalue weighted by molar-refractivity contribution is -0.157. The highest BCUT2D eigenvalue weighted by Crippen LogP contribution is 2.35. The Hall–Kier alpha value is -1.80. The molecular formula is C13H17F3N2O4. The highest BCUT2D eigenvalue weighted by atomic mass is 19.4. The van der Waals surface area contributed by atoms with Crippen molar-refractivity contribution in [3.05, 3.63) is 0 Å². The number of amides is 2. The van der Waals surface area contributed by atoms with Gasteiger partial charge in [0.25, 0.3) is 0 Å². The summed E-state index contributed by atoms with van der Waals surface area (Å²) >= 11 is 0. The summed E-state index contributed by atoms with van der Waals surface area (Å²) in [5.74, 6) is -3.15. The first-order valence-corrected chi connectivity index (χ1v) is 6.99. The highest BCUT2D eigenvalue weighted by Gasteiger charge is 2.45. The minimum atomic E-state index is -4.50. The zero-order valence-electron chi connectivity index (χ0n) is 11.8. The Labute approximate surface area is 124 Å². The number of hydrogen-bond acceptors (Lipinski definition) is 3.